The minimum absolute atomic E-state index is 0.0461. The number of oxazole rings is 1. The average Bonchev–Trinajstić information content (AvgIpc) is 3.44. The SMILES string of the molecule is CS(=O)(=O)c1ccc(CC(=O)Nc2cc(Cl)c(C3(c4nc5ccc(F)cc5o4)CC3)c(Cl)c2)cc1. The monoisotopic (exact) mass is 532 g/mol. The van der Waals surface area contributed by atoms with E-state index in [1.807, 2.05) is 0 Å². The van der Waals surface area contributed by atoms with E-state index in [-0.39, 0.29) is 17.2 Å². The number of amides is 1. The van der Waals surface area contributed by atoms with E-state index in [0.717, 1.165) is 19.1 Å². The number of nitrogens with zero attached hydrogens (tertiary/aromatic N) is 1. The van der Waals surface area contributed by atoms with Crippen LogP contribution in [0.15, 0.2) is 63.9 Å². The summed E-state index contributed by atoms with van der Waals surface area (Å²) in [6, 6.07) is 13.6. The van der Waals surface area contributed by atoms with Gasteiger partial charge in [0.25, 0.3) is 0 Å². The van der Waals surface area contributed by atoms with E-state index < -0.39 is 21.1 Å². The summed E-state index contributed by atoms with van der Waals surface area (Å²) in [5.41, 5.74) is 2.04. The van der Waals surface area contributed by atoms with Gasteiger partial charge in [-0.1, -0.05) is 35.3 Å². The lowest BCUT2D eigenvalue weighted by Crippen LogP contribution is -2.16. The van der Waals surface area contributed by atoms with Crippen molar-refractivity contribution in [1.82, 2.24) is 4.98 Å². The number of carbonyl (C=O) groups excluding carboxylic acids is 1. The molecule has 0 atom stereocenters. The van der Waals surface area contributed by atoms with Gasteiger partial charge < -0.3 is 9.73 Å². The van der Waals surface area contributed by atoms with Crippen molar-refractivity contribution in [2.24, 2.45) is 0 Å². The first-order chi connectivity index (χ1) is 16.5. The van der Waals surface area contributed by atoms with Crippen molar-refractivity contribution in [1.29, 1.82) is 0 Å². The van der Waals surface area contributed by atoms with Gasteiger partial charge in [0.05, 0.1) is 16.7 Å². The summed E-state index contributed by atoms with van der Waals surface area (Å²) in [5.74, 6) is -0.289. The van der Waals surface area contributed by atoms with Gasteiger partial charge in [-0.15, -0.1) is 0 Å². The Hall–Kier alpha value is -2.94. The minimum atomic E-state index is -3.30. The first kappa shape index (κ1) is 23.8. The fraction of sp³-hybridized carbons (Fsp3) is 0.200. The highest BCUT2D eigenvalue weighted by molar-refractivity contribution is 7.90. The van der Waals surface area contributed by atoms with Gasteiger partial charge in [0.15, 0.2) is 15.4 Å². The second-order valence-corrected chi connectivity index (χ2v) is 11.5. The third-order valence-electron chi connectivity index (χ3n) is 6.03. The fourth-order valence-corrected chi connectivity index (χ4v) is 5.63. The van der Waals surface area contributed by atoms with Crippen LogP contribution in [0.2, 0.25) is 10.0 Å². The maximum atomic E-state index is 13.6. The highest BCUT2D eigenvalue weighted by Gasteiger charge is 2.52. The molecule has 1 aliphatic rings. The zero-order valence-corrected chi connectivity index (χ0v) is 20.8. The van der Waals surface area contributed by atoms with Crippen molar-refractivity contribution in [2.45, 2.75) is 29.6 Å². The van der Waals surface area contributed by atoms with Gasteiger partial charge in [-0.25, -0.2) is 17.8 Å². The molecule has 6 nitrogen and oxygen atoms in total. The Labute approximate surface area is 211 Å². The molecule has 180 valence electrons. The van der Waals surface area contributed by atoms with Crippen LogP contribution < -0.4 is 5.32 Å². The van der Waals surface area contributed by atoms with Gasteiger partial charge >= 0.3 is 0 Å². The Morgan fingerprint density at radius 1 is 1.09 bits per heavy atom. The van der Waals surface area contributed by atoms with Gasteiger partial charge in [0.2, 0.25) is 11.8 Å². The first-order valence-electron chi connectivity index (χ1n) is 10.7. The van der Waals surface area contributed by atoms with E-state index in [9.17, 15) is 17.6 Å². The van der Waals surface area contributed by atoms with Crippen molar-refractivity contribution < 1.29 is 22.0 Å². The number of fused-ring (bicyclic) bond motifs is 1. The molecule has 1 saturated carbocycles. The van der Waals surface area contributed by atoms with Crippen molar-refractivity contribution in [3.8, 4) is 0 Å². The van der Waals surface area contributed by atoms with Gasteiger partial charge in [0, 0.05) is 33.6 Å². The summed E-state index contributed by atoms with van der Waals surface area (Å²) < 4.78 is 42.6. The van der Waals surface area contributed by atoms with E-state index in [1.165, 1.54) is 24.3 Å². The fourth-order valence-electron chi connectivity index (χ4n) is 4.15. The highest BCUT2D eigenvalue weighted by atomic mass is 35.5. The standard InChI is InChI=1S/C25H19Cl2FN2O4S/c1-35(32,33)17-5-2-14(3-6-17)10-22(31)29-16-12-18(26)23(19(27)13-16)25(8-9-25)24-30-20-7-4-15(28)11-21(20)34-24/h2-7,11-13H,8-10H2,1H3,(H,29,31). The maximum Gasteiger partial charge on any atom is 0.228 e. The van der Waals surface area contributed by atoms with E-state index >= 15 is 0 Å². The molecule has 1 fully saturated rings. The quantitative estimate of drug-likeness (QED) is 0.332. The van der Waals surface area contributed by atoms with Crippen LogP contribution in [0.3, 0.4) is 0 Å². The summed E-state index contributed by atoms with van der Waals surface area (Å²) in [4.78, 5) is 17.3. The van der Waals surface area contributed by atoms with Gasteiger partial charge in [0.1, 0.15) is 11.3 Å². The Kier molecular flexibility index (Phi) is 5.86. The number of benzene rings is 3. The number of anilines is 1. The Morgan fingerprint density at radius 2 is 1.74 bits per heavy atom. The molecule has 5 rings (SSSR count). The number of aromatic nitrogens is 1. The number of halogens is 3. The molecule has 3 aromatic carbocycles. The molecule has 1 heterocycles. The summed E-state index contributed by atoms with van der Waals surface area (Å²) in [6.07, 6.45) is 2.61. The van der Waals surface area contributed by atoms with Crippen LogP contribution in [-0.4, -0.2) is 25.6 Å². The zero-order valence-electron chi connectivity index (χ0n) is 18.4. The van der Waals surface area contributed by atoms with Crippen LogP contribution in [0.4, 0.5) is 10.1 Å². The Balaban J connectivity index is 1.36. The van der Waals surface area contributed by atoms with Gasteiger partial charge in [-0.05, 0) is 54.8 Å². The van der Waals surface area contributed by atoms with E-state index in [2.05, 4.69) is 10.3 Å². The number of sulfone groups is 1. The van der Waals surface area contributed by atoms with Crippen LogP contribution in [0.5, 0.6) is 0 Å². The summed E-state index contributed by atoms with van der Waals surface area (Å²) in [7, 11) is -3.30. The molecule has 0 saturated heterocycles. The molecule has 1 aromatic heterocycles. The maximum absolute atomic E-state index is 13.6. The number of hydrogen-bond acceptors (Lipinski definition) is 5. The molecule has 0 radical (unpaired) electrons. The second kappa shape index (κ2) is 8.62. The third kappa shape index (κ3) is 4.66. The van der Waals surface area contributed by atoms with Gasteiger partial charge in [-0.3, -0.25) is 4.79 Å². The molecule has 0 unspecified atom stereocenters. The summed E-state index contributed by atoms with van der Waals surface area (Å²) in [6.45, 7) is 0. The predicted molar refractivity (Wildman–Crippen MR) is 132 cm³/mol. The van der Waals surface area contributed by atoms with Crippen molar-refractivity contribution >= 4 is 55.7 Å². The zero-order chi connectivity index (χ0) is 25.0. The smallest absolute Gasteiger partial charge is 0.228 e. The average molecular weight is 533 g/mol. The number of nitrogens with one attached hydrogen (secondary N) is 1. The lowest BCUT2D eigenvalue weighted by atomic mass is 9.95. The number of rotatable bonds is 6. The molecule has 4 aromatic rings. The van der Waals surface area contributed by atoms with Crippen molar-refractivity contribution in [2.75, 3.05) is 11.6 Å². The molecule has 35 heavy (non-hydrogen) atoms. The van der Waals surface area contributed by atoms with Crippen molar-refractivity contribution in [3.63, 3.8) is 0 Å². The Bertz CT molecular complexity index is 1560. The van der Waals surface area contributed by atoms with E-state index in [0.29, 0.717) is 43.9 Å². The topological polar surface area (TPSA) is 89.3 Å². The molecule has 0 aliphatic heterocycles. The van der Waals surface area contributed by atoms with E-state index in [4.69, 9.17) is 27.6 Å². The third-order valence-corrected chi connectivity index (χ3v) is 7.76. The molecule has 0 bridgehead atoms. The normalized spacial score (nSPS) is 14.7. The molecule has 1 amide bonds. The van der Waals surface area contributed by atoms with Gasteiger partial charge in [-0.2, -0.15) is 0 Å². The molecular weight excluding hydrogens is 514 g/mol. The molecule has 1 aliphatic carbocycles. The summed E-state index contributed by atoms with van der Waals surface area (Å²) in [5, 5.41) is 3.49. The summed E-state index contributed by atoms with van der Waals surface area (Å²) >= 11 is 13.2. The predicted octanol–water partition coefficient (Wildman–Crippen LogP) is 5.94. The lowest BCUT2D eigenvalue weighted by Gasteiger charge is -2.17. The molecule has 0 spiro atoms. The van der Waals surface area contributed by atoms with Crippen LogP contribution >= 0.6 is 23.2 Å². The van der Waals surface area contributed by atoms with E-state index in [1.54, 1.807) is 30.3 Å². The van der Waals surface area contributed by atoms with Crippen molar-refractivity contribution in [3.05, 3.63) is 87.5 Å². The minimum Gasteiger partial charge on any atom is -0.440 e. The lowest BCUT2D eigenvalue weighted by molar-refractivity contribution is -0.115. The van der Waals surface area contributed by atoms with Crippen LogP contribution in [0.1, 0.15) is 29.9 Å². The largest absolute Gasteiger partial charge is 0.440 e. The molecule has 10 heteroatoms. The molecular formula is C25H19Cl2FN2O4S. The van der Waals surface area contributed by atoms with Crippen LogP contribution in [0, 0.1) is 5.82 Å². The van der Waals surface area contributed by atoms with Crippen LogP contribution in [0.25, 0.3) is 11.1 Å². The number of hydrogen-bond donors (Lipinski definition) is 1. The second-order valence-electron chi connectivity index (χ2n) is 8.67. The molecule has 1 N–H and O–H groups in total. The Morgan fingerprint density at radius 3 is 2.34 bits per heavy atom. The number of carbonyl (C=O) groups is 1. The van der Waals surface area contributed by atoms with Crippen LogP contribution in [-0.2, 0) is 26.5 Å². The first-order valence-corrected chi connectivity index (χ1v) is 13.3. The highest BCUT2D eigenvalue weighted by Crippen LogP contribution is 2.57.